The summed E-state index contributed by atoms with van der Waals surface area (Å²) in [6, 6.07) is 17.9. The number of benzene rings is 2. The van der Waals surface area contributed by atoms with Gasteiger partial charge in [-0.3, -0.25) is 19.8 Å². The van der Waals surface area contributed by atoms with Gasteiger partial charge in [-0.2, -0.15) is 5.26 Å². The van der Waals surface area contributed by atoms with Gasteiger partial charge in [0.05, 0.1) is 84.1 Å². The van der Waals surface area contributed by atoms with Crippen LogP contribution in [-0.4, -0.2) is 84.0 Å². The highest BCUT2D eigenvalue weighted by molar-refractivity contribution is 7.10. The number of nitriles is 1. The molecule has 4 N–H and O–H groups in total. The lowest BCUT2D eigenvalue weighted by molar-refractivity contribution is -0.0691. The molecule has 13 heteroatoms. The number of hydrazine groups is 2. The normalized spacial score (nSPS) is 24.7. The van der Waals surface area contributed by atoms with E-state index in [1.807, 2.05) is 35.6 Å². The summed E-state index contributed by atoms with van der Waals surface area (Å²) < 4.78 is 11.0. The molecule has 5 aliphatic heterocycles. The number of likely N-dealkylation sites (tertiary alicyclic amines) is 1. The largest absolute Gasteiger partial charge is 0.378 e. The van der Waals surface area contributed by atoms with E-state index in [4.69, 9.17) is 27.5 Å². The number of fused-ring (bicyclic) bond motifs is 3. The van der Waals surface area contributed by atoms with Crippen molar-refractivity contribution in [3.8, 4) is 18.4 Å². The van der Waals surface area contributed by atoms with Crippen molar-refractivity contribution in [2.75, 3.05) is 56.7 Å². The van der Waals surface area contributed by atoms with E-state index in [9.17, 15) is 5.26 Å². The summed E-state index contributed by atoms with van der Waals surface area (Å²) in [6.45, 7) is 7.61. The summed E-state index contributed by atoms with van der Waals surface area (Å²) in [5.74, 6) is 4.09. The fourth-order valence-corrected chi connectivity index (χ4v) is 10.6. The lowest BCUT2D eigenvalue weighted by Gasteiger charge is -2.39. The summed E-state index contributed by atoms with van der Waals surface area (Å²) in [6.07, 6.45) is 11.9. The summed E-state index contributed by atoms with van der Waals surface area (Å²) in [4.78, 5) is 11.3. The molecule has 0 spiro atoms. The number of hydrogen-bond donors (Lipinski definition) is 4. The van der Waals surface area contributed by atoms with Gasteiger partial charge in [-0.15, -0.1) is 29.2 Å². The van der Waals surface area contributed by atoms with E-state index in [1.54, 1.807) is 6.20 Å². The first-order valence-electron chi connectivity index (χ1n) is 19.3. The maximum absolute atomic E-state index is 10.3. The molecule has 3 unspecified atom stereocenters. The van der Waals surface area contributed by atoms with Crippen LogP contribution < -0.4 is 21.6 Å². The number of hydrogen-bond acceptors (Lipinski definition) is 12. The van der Waals surface area contributed by atoms with Gasteiger partial charge in [0.1, 0.15) is 6.07 Å². The molecule has 1 aliphatic carbocycles. The molecule has 10 rings (SSSR count). The van der Waals surface area contributed by atoms with E-state index in [-0.39, 0.29) is 12.1 Å². The van der Waals surface area contributed by atoms with E-state index in [1.165, 1.54) is 16.0 Å². The second-order valence-electron chi connectivity index (χ2n) is 15.6. The standard InChI is InChI=1S/C42H44ClN9O2S/c1-2-3-9-36(25-7-5-4-6-8-25)47-39-26(14-44)15-45-40-31(39)12-27(13-35(40)43)46-41(34-24-55-38-19-50(11-10-30(34)38)28-20-53-21-28)37-18-52(49-48-37)42-32-16-51(17-33(32)42)29-22-54-23-29/h1,4-8,12-13,15,18,24,28-29,32-33,36,41-42,46,48-49H,3,9-11,16-17,19-23H2,(H,45,47)/t32?,33?,36?,41-,42?/m0/s1. The van der Waals surface area contributed by atoms with Crippen LogP contribution in [0.2, 0.25) is 5.02 Å². The maximum Gasteiger partial charge on any atom is 0.103 e. The van der Waals surface area contributed by atoms with Crippen LogP contribution in [0, 0.1) is 35.5 Å². The summed E-state index contributed by atoms with van der Waals surface area (Å²) in [5.41, 5.74) is 14.6. The smallest absolute Gasteiger partial charge is 0.103 e. The Hall–Kier alpha value is -4.37. The minimum Gasteiger partial charge on any atom is -0.378 e. The summed E-state index contributed by atoms with van der Waals surface area (Å²) >= 11 is 8.93. The Morgan fingerprint density at radius 3 is 2.56 bits per heavy atom. The topological polar surface area (TPSA) is 113 Å². The average Bonchev–Trinajstić information content (AvgIpc) is 3.58. The van der Waals surface area contributed by atoms with Gasteiger partial charge in [0.15, 0.2) is 0 Å². The SMILES string of the molecule is C#CCCC(Nc1c(C#N)cnc2c(Cl)cc(N[C@H](C3=CN(C4C5CN(C6COC6)CC54)NN3)c3csc4c3CCN(C3COC3)C4)cc12)c1ccccc1. The minimum absolute atomic E-state index is 0.109. The zero-order chi connectivity index (χ0) is 37.0. The molecule has 55 heavy (non-hydrogen) atoms. The number of anilines is 2. The van der Waals surface area contributed by atoms with Crippen LogP contribution in [0.5, 0.6) is 0 Å². The number of rotatable bonds is 12. The van der Waals surface area contributed by atoms with Gasteiger partial charge < -0.3 is 25.5 Å². The van der Waals surface area contributed by atoms with Gasteiger partial charge in [-0.25, -0.2) is 0 Å². The Morgan fingerprint density at radius 1 is 1.05 bits per heavy atom. The first kappa shape index (κ1) is 35.1. The molecular weight excluding hydrogens is 730 g/mol. The van der Waals surface area contributed by atoms with E-state index < -0.39 is 0 Å². The van der Waals surface area contributed by atoms with Crippen LogP contribution in [0.25, 0.3) is 10.9 Å². The van der Waals surface area contributed by atoms with Gasteiger partial charge in [0.25, 0.3) is 0 Å². The third-order valence-corrected chi connectivity index (χ3v) is 13.8. The van der Waals surface area contributed by atoms with Crippen molar-refractivity contribution < 1.29 is 9.47 Å². The molecule has 11 nitrogen and oxygen atoms in total. The fourth-order valence-electron chi connectivity index (χ4n) is 9.17. The number of ether oxygens (including phenoxy) is 2. The van der Waals surface area contributed by atoms with E-state index in [2.05, 4.69) is 83.2 Å². The number of piperidine rings is 1. The predicted molar refractivity (Wildman–Crippen MR) is 215 cm³/mol. The van der Waals surface area contributed by atoms with Crippen molar-refractivity contribution in [3.63, 3.8) is 0 Å². The van der Waals surface area contributed by atoms with E-state index in [0.717, 1.165) is 81.4 Å². The molecule has 2 aromatic heterocycles. The van der Waals surface area contributed by atoms with Crippen molar-refractivity contribution in [2.45, 2.75) is 56.0 Å². The first-order chi connectivity index (χ1) is 27.1. The lowest BCUT2D eigenvalue weighted by atomic mass is 9.95. The molecular formula is C42H44ClN9O2S. The number of thiophene rings is 1. The van der Waals surface area contributed by atoms with Gasteiger partial charge in [-0.1, -0.05) is 41.9 Å². The van der Waals surface area contributed by atoms with Crippen molar-refractivity contribution in [3.05, 3.63) is 98.1 Å². The molecule has 4 atom stereocenters. The Bertz CT molecular complexity index is 2200. The Labute approximate surface area is 330 Å². The molecule has 4 aromatic rings. The highest BCUT2D eigenvalue weighted by atomic mass is 35.5. The molecule has 7 heterocycles. The lowest BCUT2D eigenvalue weighted by Crippen LogP contribution is -2.50. The van der Waals surface area contributed by atoms with Crippen molar-refractivity contribution in [1.29, 1.82) is 5.26 Å². The number of nitrogens with one attached hydrogen (secondary N) is 4. The van der Waals surface area contributed by atoms with Crippen LogP contribution in [0.3, 0.4) is 0 Å². The highest BCUT2D eigenvalue weighted by Crippen LogP contribution is 2.50. The van der Waals surface area contributed by atoms with E-state index >= 15 is 0 Å². The van der Waals surface area contributed by atoms with Crippen LogP contribution in [-0.2, 0) is 22.4 Å². The minimum atomic E-state index is -0.178. The molecule has 2 aromatic carbocycles. The van der Waals surface area contributed by atoms with E-state index in [0.29, 0.717) is 64.6 Å². The van der Waals surface area contributed by atoms with Crippen LogP contribution in [0.15, 0.2) is 65.9 Å². The van der Waals surface area contributed by atoms with Crippen LogP contribution in [0.1, 0.15) is 52.1 Å². The second kappa shape index (κ2) is 14.6. The molecule has 0 bridgehead atoms. The zero-order valence-corrected chi connectivity index (χ0v) is 32.1. The van der Waals surface area contributed by atoms with Gasteiger partial charge >= 0.3 is 0 Å². The third-order valence-electron chi connectivity index (χ3n) is 12.5. The van der Waals surface area contributed by atoms with Crippen molar-refractivity contribution in [2.24, 2.45) is 11.8 Å². The fraction of sp³-hybridized carbons (Fsp3) is 0.429. The molecule has 0 amide bonds. The number of halogens is 1. The van der Waals surface area contributed by atoms with Crippen LogP contribution >= 0.6 is 22.9 Å². The van der Waals surface area contributed by atoms with Crippen LogP contribution in [0.4, 0.5) is 11.4 Å². The zero-order valence-electron chi connectivity index (χ0n) is 30.5. The second-order valence-corrected chi connectivity index (χ2v) is 17.0. The Kier molecular flexibility index (Phi) is 9.32. The number of terminal acetylenes is 1. The number of pyridine rings is 1. The Morgan fingerprint density at radius 2 is 1.84 bits per heavy atom. The number of aromatic nitrogens is 1. The van der Waals surface area contributed by atoms with Gasteiger partial charge in [0, 0.05) is 60.9 Å². The molecule has 3 saturated heterocycles. The van der Waals surface area contributed by atoms with Gasteiger partial charge in [0.2, 0.25) is 0 Å². The number of nitrogens with zero attached hydrogens (tertiary/aromatic N) is 5. The molecule has 0 radical (unpaired) electrons. The first-order valence-corrected chi connectivity index (χ1v) is 20.6. The third kappa shape index (κ3) is 6.50. The summed E-state index contributed by atoms with van der Waals surface area (Å²) in [5, 5.41) is 23.8. The Balaban J connectivity index is 0.986. The monoisotopic (exact) mass is 773 g/mol. The van der Waals surface area contributed by atoms with Gasteiger partial charge in [-0.05, 0) is 58.9 Å². The summed E-state index contributed by atoms with van der Waals surface area (Å²) in [7, 11) is 0. The predicted octanol–water partition coefficient (Wildman–Crippen LogP) is 5.79. The molecule has 1 saturated carbocycles. The maximum atomic E-state index is 10.3. The van der Waals surface area contributed by atoms with Crippen molar-refractivity contribution in [1.82, 2.24) is 30.8 Å². The van der Waals surface area contributed by atoms with Crippen molar-refractivity contribution >= 4 is 45.2 Å². The molecule has 6 aliphatic rings. The quantitative estimate of drug-likeness (QED) is 0.131. The highest BCUT2D eigenvalue weighted by Gasteiger charge is 2.60. The molecule has 282 valence electrons. The average molecular weight is 774 g/mol. The molecule has 4 fully saturated rings.